The third-order valence-corrected chi connectivity index (χ3v) is 6.11. The zero-order chi connectivity index (χ0) is 20.5. The molecule has 152 valence electrons. The molecular weight excluding hydrogens is 402 g/mol. The summed E-state index contributed by atoms with van der Waals surface area (Å²) in [4.78, 5) is 2.27. The molecule has 2 heterocycles. The van der Waals surface area contributed by atoms with Gasteiger partial charge in [0.25, 0.3) is 11.9 Å². The molecule has 1 aliphatic heterocycles. The smallest absolute Gasteiger partial charge is 0.253 e. The summed E-state index contributed by atoms with van der Waals surface area (Å²) in [6.45, 7) is 2.55. The van der Waals surface area contributed by atoms with E-state index >= 15 is 0 Å². The van der Waals surface area contributed by atoms with Gasteiger partial charge in [-0.05, 0) is 38.0 Å². The van der Waals surface area contributed by atoms with Crippen LogP contribution in [-0.2, 0) is 10.0 Å². The predicted molar refractivity (Wildman–Crippen MR) is 93.0 cm³/mol. The summed E-state index contributed by atoms with van der Waals surface area (Å²) in [5, 5.41) is 2.19. The number of pyridine rings is 1. The Hall–Kier alpha value is -2.40. The van der Waals surface area contributed by atoms with Crippen LogP contribution in [0.4, 0.5) is 28.9 Å². The van der Waals surface area contributed by atoms with E-state index in [4.69, 9.17) is 4.74 Å². The number of benzene rings is 1. The van der Waals surface area contributed by atoms with Gasteiger partial charge in [-0.25, -0.2) is 8.42 Å². The number of nitrogens with one attached hydrogen (secondary N) is 1. The van der Waals surface area contributed by atoms with Gasteiger partial charge in [0.1, 0.15) is 16.3 Å². The van der Waals surface area contributed by atoms with Crippen molar-refractivity contribution in [3.63, 3.8) is 0 Å². The second kappa shape index (κ2) is 7.92. The summed E-state index contributed by atoms with van der Waals surface area (Å²) in [6.07, 6.45) is 1.43. The zero-order valence-corrected chi connectivity index (χ0v) is 15.6. The van der Waals surface area contributed by atoms with E-state index in [0.29, 0.717) is 25.9 Å². The van der Waals surface area contributed by atoms with Crippen LogP contribution in [0.2, 0.25) is 0 Å². The van der Waals surface area contributed by atoms with Gasteiger partial charge in [0.05, 0.1) is 6.61 Å². The molecule has 0 saturated carbocycles. The van der Waals surface area contributed by atoms with Crippen LogP contribution in [0.3, 0.4) is 0 Å². The highest BCUT2D eigenvalue weighted by Crippen LogP contribution is 2.33. The van der Waals surface area contributed by atoms with E-state index in [1.54, 1.807) is 6.92 Å². The maximum atomic E-state index is 13.9. The quantitative estimate of drug-likeness (QED) is 0.573. The molecule has 2 aromatic rings. The van der Waals surface area contributed by atoms with Gasteiger partial charge in [0.15, 0.2) is 0 Å². The lowest BCUT2D eigenvalue weighted by molar-refractivity contribution is 0.330. The summed E-state index contributed by atoms with van der Waals surface area (Å²) in [6, 6.07) is 3.69. The molecule has 3 rings (SSSR count). The first-order chi connectivity index (χ1) is 13.3. The Labute approximate surface area is 159 Å². The second-order valence-electron chi connectivity index (χ2n) is 6.03. The number of anilines is 2. The molecule has 0 bridgehead atoms. The van der Waals surface area contributed by atoms with Crippen molar-refractivity contribution in [3.05, 3.63) is 41.7 Å². The summed E-state index contributed by atoms with van der Waals surface area (Å²) in [7, 11) is -3.92. The Morgan fingerprint density at radius 2 is 1.71 bits per heavy atom. The van der Waals surface area contributed by atoms with Crippen LogP contribution in [-0.4, -0.2) is 37.4 Å². The molecule has 0 atom stereocenters. The van der Waals surface area contributed by atoms with Crippen molar-refractivity contribution in [1.29, 1.82) is 0 Å². The predicted octanol–water partition coefficient (Wildman–Crippen LogP) is 3.56. The third kappa shape index (κ3) is 3.76. The van der Waals surface area contributed by atoms with Crippen LogP contribution >= 0.6 is 0 Å². The van der Waals surface area contributed by atoms with Crippen molar-refractivity contribution in [2.24, 2.45) is 0 Å². The molecule has 1 aromatic carbocycles. The van der Waals surface area contributed by atoms with Gasteiger partial charge in [-0.3, -0.25) is 0 Å². The summed E-state index contributed by atoms with van der Waals surface area (Å²) < 4.78 is 86.8. The fourth-order valence-electron chi connectivity index (χ4n) is 2.87. The first-order valence-corrected chi connectivity index (χ1v) is 9.93. The highest BCUT2D eigenvalue weighted by molar-refractivity contribution is 7.89. The van der Waals surface area contributed by atoms with Gasteiger partial charge in [-0.2, -0.15) is 26.9 Å². The molecular formula is C17H17F4N3O3S. The minimum atomic E-state index is -3.92. The van der Waals surface area contributed by atoms with Crippen molar-refractivity contribution in [2.75, 3.05) is 25.0 Å². The van der Waals surface area contributed by atoms with Crippen LogP contribution in [0.1, 0.15) is 19.8 Å². The molecule has 1 aromatic heterocycles. The Morgan fingerprint density at radius 1 is 1.11 bits per heavy atom. The van der Waals surface area contributed by atoms with E-state index in [1.165, 1.54) is 16.4 Å². The fraction of sp³-hybridized carbons (Fsp3) is 0.353. The molecule has 1 fully saturated rings. The normalized spacial score (nSPS) is 15.0. The zero-order valence-electron chi connectivity index (χ0n) is 14.8. The average molecular weight is 419 g/mol. The number of hydrogen-bond donors (Lipinski definition) is 1. The number of nitrogens with zero attached hydrogens (tertiary/aromatic N) is 2. The fourth-order valence-corrected chi connectivity index (χ4v) is 4.54. The number of sulfonamides is 1. The van der Waals surface area contributed by atoms with Crippen LogP contribution in [0.25, 0.3) is 0 Å². The summed E-state index contributed by atoms with van der Waals surface area (Å²) in [5.74, 6) is -7.03. The number of ether oxygens (including phenoxy) is 1. The highest BCUT2D eigenvalue weighted by Gasteiger charge is 2.30. The number of rotatable bonds is 6. The Kier molecular flexibility index (Phi) is 5.75. The Balaban J connectivity index is 2.05. The SMILES string of the molecule is CCOc1ccc(Nc2c(F)c(F)nc(F)c2F)cc1S(=O)(=O)N1CCCC1. The molecule has 6 nitrogen and oxygen atoms in total. The topological polar surface area (TPSA) is 71.5 Å². The van der Waals surface area contributed by atoms with Crippen LogP contribution < -0.4 is 10.1 Å². The Morgan fingerprint density at radius 3 is 2.29 bits per heavy atom. The third-order valence-electron chi connectivity index (χ3n) is 4.19. The molecule has 28 heavy (non-hydrogen) atoms. The lowest BCUT2D eigenvalue weighted by Gasteiger charge is -2.19. The van der Waals surface area contributed by atoms with E-state index in [0.717, 1.165) is 6.07 Å². The van der Waals surface area contributed by atoms with E-state index in [9.17, 15) is 26.0 Å². The van der Waals surface area contributed by atoms with Gasteiger partial charge in [0, 0.05) is 18.8 Å². The van der Waals surface area contributed by atoms with Crippen molar-refractivity contribution in [2.45, 2.75) is 24.7 Å². The molecule has 0 aliphatic carbocycles. The second-order valence-corrected chi connectivity index (χ2v) is 7.93. The molecule has 0 amide bonds. The van der Waals surface area contributed by atoms with Crippen LogP contribution in [0, 0.1) is 23.5 Å². The molecule has 0 spiro atoms. The highest BCUT2D eigenvalue weighted by atomic mass is 32.2. The minimum absolute atomic E-state index is 0.0629. The summed E-state index contributed by atoms with van der Waals surface area (Å²) in [5.41, 5.74) is -1.21. The van der Waals surface area contributed by atoms with Crippen LogP contribution in [0.15, 0.2) is 23.1 Å². The van der Waals surface area contributed by atoms with Gasteiger partial charge < -0.3 is 10.1 Å². The Bertz CT molecular complexity index is 969. The molecule has 1 aliphatic rings. The number of aromatic nitrogens is 1. The standard InChI is InChI=1S/C17H17F4N3O3S/c1-2-27-11-6-5-10(9-12(11)28(25,26)24-7-3-4-8-24)22-15-13(18)16(20)23-17(21)14(15)19/h5-6,9H,2-4,7-8H2,1H3,(H,22,23). The van der Waals surface area contributed by atoms with Gasteiger partial charge in [-0.1, -0.05) is 0 Å². The average Bonchev–Trinajstić information content (AvgIpc) is 3.20. The van der Waals surface area contributed by atoms with Crippen LogP contribution in [0.5, 0.6) is 5.75 Å². The lowest BCUT2D eigenvalue weighted by atomic mass is 10.2. The monoisotopic (exact) mass is 419 g/mol. The lowest BCUT2D eigenvalue weighted by Crippen LogP contribution is -2.28. The van der Waals surface area contributed by atoms with E-state index in [2.05, 4.69) is 10.3 Å². The molecule has 0 unspecified atom stereocenters. The van der Waals surface area contributed by atoms with Gasteiger partial charge in [0.2, 0.25) is 21.7 Å². The maximum Gasteiger partial charge on any atom is 0.253 e. The first-order valence-electron chi connectivity index (χ1n) is 8.49. The van der Waals surface area contributed by atoms with Crippen molar-refractivity contribution >= 4 is 21.4 Å². The molecule has 0 radical (unpaired) electrons. The molecule has 1 saturated heterocycles. The summed E-state index contributed by atoms with van der Waals surface area (Å²) >= 11 is 0. The van der Waals surface area contributed by atoms with E-state index in [1.807, 2.05) is 0 Å². The van der Waals surface area contributed by atoms with Crippen molar-refractivity contribution < 1.29 is 30.7 Å². The van der Waals surface area contributed by atoms with Gasteiger partial charge in [-0.15, -0.1) is 0 Å². The first kappa shape index (κ1) is 20.3. The van der Waals surface area contributed by atoms with Gasteiger partial charge >= 0.3 is 0 Å². The number of hydrogen-bond acceptors (Lipinski definition) is 5. The van der Waals surface area contributed by atoms with E-state index in [-0.39, 0.29) is 22.9 Å². The largest absolute Gasteiger partial charge is 0.492 e. The maximum absolute atomic E-state index is 13.9. The van der Waals surface area contributed by atoms with Crippen molar-refractivity contribution in [3.8, 4) is 5.75 Å². The van der Waals surface area contributed by atoms with Crippen molar-refractivity contribution in [1.82, 2.24) is 9.29 Å². The minimum Gasteiger partial charge on any atom is -0.492 e. The molecule has 11 heteroatoms. The number of halogens is 4. The molecule has 1 N–H and O–H groups in total. The van der Waals surface area contributed by atoms with E-state index < -0.39 is 39.2 Å².